The average molecular weight is 335 g/mol. The van der Waals surface area contributed by atoms with Gasteiger partial charge in [0, 0.05) is 29.9 Å². The van der Waals surface area contributed by atoms with Crippen LogP contribution in [0, 0.1) is 13.8 Å². The van der Waals surface area contributed by atoms with Gasteiger partial charge in [-0.2, -0.15) is 9.50 Å². The van der Waals surface area contributed by atoms with Crippen molar-refractivity contribution in [2.75, 3.05) is 11.4 Å². The molecule has 5 heteroatoms. The van der Waals surface area contributed by atoms with E-state index in [-0.39, 0.29) is 0 Å². The fourth-order valence-electron chi connectivity index (χ4n) is 3.72. The van der Waals surface area contributed by atoms with Crippen LogP contribution in [0.3, 0.4) is 0 Å². The van der Waals surface area contributed by atoms with Gasteiger partial charge in [0.05, 0.1) is 0 Å². The summed E-state index contributed by atoms with van der Waals surface area (Å²) in [5.74, 6) is 2.55. The van der Waals surface area contributed by atoms with Gasteiger partial charge in [-0.15, -0.1) is 5.10 Å². The standard InChI is InChI=1S/C20H25N5/c1-4-17-7-5-6-12-24(17)18-13-15(3)21-20-22-19(23-25(18)20)16-10-8-14(2)9-11-16/h8-11,13,17H,4-7,12H2,1-3H3/t17-/m1/s1. The van der Waals surface area contributed by atoms with E-state index in [1.165, 1.54) is 24.8 Å². The van der Waals surface area contributed by atoms with Gasteiger partial charge < -0.3 is 4.90 Å². The quantitative estimate of drug-likeness (QED) is 0.720. The van der Waals surface area contributed by atoms with E-state index in [2.05, 4.69) is 54.1 Å². The summed E-state index contributed by atoms with van der Waals surface area (Å²) in [6.45, 7) is 7.48. The minimum Gasteiger partial charge on any atom is -0.353 e. The maximum atomic E-state index is 4.80. The summed E-state index contributed by atoms with van der Waals surface area (Å²) in [6, 6.07) is 11.1. The second-order valence-electron chi connectivity index (χ2n) is 7.02. The molecule has 3 heterocycles. The van der Waals surface area contributed by atoms with Gasteiger partial charge in [0.1, 0.15) is 5.82 Å². The van der Waals surface area contributed by atoms with Crippen molar-refractivity contribution in [2.45, 2.75) is 52.5 Å². The molecule has 0 bridgehead atoms. The van der Waals surface area contributed by atoms with Crippen molar-refractivity contribution in [1.29, 1.82) is 0 Å². The fourth-order valence-corrected chi connectivity index (χ4v) is 3.72. The summed E-state index contributed by atoms with van der Waals surface area (Å²) in [7, 11) is 0. The topological polar surface area (TPSA) is 46.3 Å². The number of anilines is 1. The van der Waals surface area contributed by atoms with Gasteiger partial charge >= 0.3 is 0 Å². The van der Waals surface area contributed by atoms with Crippen molar-refractivity contribution in [3.63, 3.8) is 0 Å². The monoisotopic (exact) mass is 335 g/mol. The highest BCUT2D eigenvalue weighted by molar-refractivity contribution is 5.59. The molecular formula is C20H25N5. The van der Waals surface area contributed by atoms with Crippen LogP contribution in [-0.4, -0.2) is 32.2 Å². The number of aryl methyl sites for hydroxylation is 2. The molecule has 0 radical (unpaired) electrons. The maximum absolute atomic E-state index is 4.80. The molecule has 0 aliphatic carbocycles. The normalized spacial score (nSPS) is 18.0. The molecule has 1 fully saturated rings. The third-order valence-corrected chi connectivity index (χ3v) is 5.12. The highest BCUT2D eigenvalue weighted by Gasteiger charge is 2.24. The Kier molecular flexibility index (Phi) is 4.15. The lowest BCUT2D eigenvalue weighted by Crippen LogP contribution is -2.40. The van der Waals surface area contributed by atoms with E-state index in [1.54, 1.807) is 0 Å². The first-order valence-electron chi connectivity index (χ1n) is 9.24. The van der Waals surface area contributed by atoms with E-state index in [0.717, 1.165) is 35.9 Å². The molecule has 1 aliphatic heterocycles. The summed E-state index contributed by atoms with van der Waals surface area (Å²) in [6.07, 6.45) is 4.95. The molecule has 0 amide bonds. The Morgan fingerprint density at radius 2 is 1.88 bits per heavy atom. The zero-order chi connectivity index (χ0) is 17.4. The Balaban J connectivity index is 1.83. The van der Waals surface area contributed by atoms with Crippen molar-refractivity contribution in [1.82, 2.24) is 19.6 Å². The summed E-state index contributed by atoms with van der Waals surface area (Å²) < 4.78 is 1.93. The predicted molar refractivity (Wildman–Crippen MR) is 101 cm³/mol. The van der Waals surface area contributed by atoms with Gasteiger partial charge in [0.25, 0.3) is 5.78 Å². The Bertz CT molecular complexity index is 881. The SMILES string of the molecule is CC[C@@H]1CCCCN1c1cc(C)nc2nc(-c3ccc(C)cc3)nn12. The van der Waals surface area contributed by atoms with Crippen LogP contribution in [0.4, 0.5) is 5.82 Å². The smallest absolute Gasteiger partial charge is 0.254 e. The van der Waals surface area contributed by atoms with E-state index < -0.39 is 0 Å². The molecule has 1 atom stereocenters. The van der Waals surface area contributed by atoms with Crippen molar-refractivity contribution in [3.8, 4) is 11.4 Å². The molecule has 0 unspecified atom stereocenters. The number of fused-ring (bicyclic) bond motifs is 1. The van der Waals surface area contributed by atoms with Crippen LogP contribution in [0.15, 0.2) is 30.3 Å². The summed E-state index contributed by atoms with van der Waals surface area (Å²) in [5, 5.41) is 4.80. The predicted octanol–water partition coefficient (Wildman–Crippen LogP) is 4.18. The molecule has 0 N–H and O–H groups in total. The second kappa shape index (κ2) is 6.47. The number of piperidine rings is 1. The van der Waals surface area contributed by atoms with Crippen LogP contribution in [0.1, 0.15) is 43.9 Å². The maximum Gasteiger partial charge on any atom is 0.254 e. The van der Waals surface area contributed by atoms with E-state index in [4.69, 9.17) is 10.1 Å². The minimum atomic E-state index is 0.575. The number of benzene rings is 1. The summed E-state index contributed by atoms with van der Waals surface area (Å²) in [5.41, 5.74) is 3.26. The van der Waals surface area contributed by atoms with Gasteiger partial charge in [-0.25, -0.2) is 4.98 Å². The Morgan fingerprint density at radius 1 is 1.08 bits per heavy atom. The molecule has 0 spiro atoms. The van der Waals surface area contributed by atoms with Gasteiger partial charge in [0.2, 0.25) is 0 Å². The number of hydrogen-bond acceptors (Lipinski definition) is 4. The van der Waals surface area contributed by atoms with Crippen LogP contribution >= 0.6 is 0 Å². The van der Waals surface area contributed by atoms with E-state index in [0.29, 0.717) is 11.8 Å². The van der Waals surface area contributed by atoms with Gasteiger partial charge in [0.15, 0.2) is 5.82 Å². The zero-order valence-electron chi connectivity index (χ0n) is 15.2. The number of aromatic nitrogens is 4. The Morgan fingerprint density at radius 3 is 2.64 bits per heavy atom. The highest BCUT2D eigenvalue weighted by Crippen LogP contribution is 2.28. The third-order valence-electron chi connectivity index (χ3n) is 5.12. The summed E-state index contributed by atoms with van der Waals surface area (Å²) in [4.78, 5) is 11.8. The first-order chi connectivity index (χ1) is 12.2. The lowest BCUT2D eigenvalue weighted by atomic mass is 10.00. The molecular weight excluding hydrogens is 310 g/mol. The van der Waals surface area contributed by atoms with Crippen LogP contribution < -0.4 is 4.90 Å². The van der Waals surface area contributed by atoms with Crippen molar-refractivity contribution in [3.05, 3.63) is 41.6 Å². The lowest BCUT2D eigenvalue weighted by molar-refractivity contribution is 0.444. The molecule has 1 aliphatic rings. The minimum absolute atomic E-state index is 0.575. The molecule has 130 valence electrons. The molecule has 0 saturated carbocycles. The largest absolute Gasteiger partial charge is 0.353 e. The van der Waals surface area contributed by atoms with E-state index in [9.17, 15) is 0 Å². The summed E-state index contributed by atoms with van der Waals surface area (Å²) >= 11 is 0. The van der Waals surface area contributed by atoms with Gasteiger partial charge in [-0.1, -0.05) is 36.8 Å². The fraction of sp³-hybridized carbons (Fsp3) is 0.450. The molecule has 5 nitrogen and oxygen atoms in total. The Labute approximate surface area is 148 Å². The first-order valence-corrected chi connectivity index (χ1v) is 9.24. The molecule has 3 aromatic rings. The van der Waals surface area contributed by atoms with Gasteiger partial charge in [-0.05, 0) is 39.5 Å². The van der Waals surface area contributed by atoms with Gasteiger partial charge in [-0.3, -0.25) is 0 Å². The molecule has 25 heavy (non-hydrogen) atoms. The molecule has 1 saturated heterocycles. The van der Waals surface area contributed by atoms with Crippen molar-refractivity contribution < 1.29 is 0 Å². The van der Waals surface area contributed by atoms with Crippen molar-refractivity contribution in [2.24, 2.45) is 0 Å². The van der Waals surface area contributed by atoms with Crippen LogP contribution in [0.2, 0.25) is 0 Å². The highest BCUT2D eigenvalue weighted by atomic mass is 15.4. The molecule has 2 aromatic heterocycles. The number of hydrogen-bond donors (Lipinski definition) is 0. The number of nitrogens with zero attached hydrogens (tertiary/aromatic N) is 5. The zero-order valence-corrected chi connectivity index (χ0v) is 15.2. The number of rotatable bonds is 3. The van der Waals surface area contributed by atoms with E-state index >= 15 is 0 Å². The van der Waals surface area contributed by atoms with Crippen LogP contribution in [0.25, 0.3) is 17.2 Å². The second-order valence-corrected chi connectivity index (χ2v) is 7.02. The average Bonchev–Trinajstić information content (AvgIpc) is 3.05. The molecule has 1 aromatic carbocycles. The van der Waals surface area contributed by atoms with Crippen molar-refractivity contribution >= 4 is 11.6 Å². The van der Waals surface area contributed by atoms with Crippen LogP contribution in [-0.2, 0) is 0 Å². The third kappa shape index (κ3) is 2.99. The van der Waals surface area contributed by atoms with E-state index in [1.807, 2.05) is 11.4 Å². The molecule has 4 rings (SSSR count). The first kappa shape index (κ1) is 16.1. The van der Waals surface area contributed by atoms with Crippen LogP contribution in [0.5, 0.6) is 0 Å². The Hall–Kier alpha value is -2.43. The lowest BCUT2D eigenvalue weighted by Gasteiger charge is -2.36.